The molecular formula is C16H20BrFO3. The number of hydrogen-bond donors (Lipinski definition) is 0. The van der Waals surface area contributed by atoms with Gasteiger partial charge in [0, 0.05) is 11.0 Å². The molecule has 0 amide bonds. The normalized spacial score (nSPS) is 12.8. The molecule has 0 aromatic heterocycles. The van der Waals surface area contributed by atoms with Gasteiger partial charge in [0.15, 0.2) is 0 Å². The Balaban J connectivity index is 2.89. The Kier molecular flexibility index (Phi) is 6.52. The highest BCUT2D eigenvalue weighted by molar-refractivity contribution is 9.10. The average Bonchev–Trinajstić information content (AvgIpc) is 2.46. The summed E-state index contributed by atoms with van der Waals surface area (Å²) in [5.41, 5.74) is -0.114. The first-order valence-electron chi connectivity index (χ1n) is 6.80. The van der Waals surface area contributed by atoms with Crippen LogP contribution in [0.5, 0.6) is 0 Å². The number of ether oxygens (including phenoxy) is 1. The van der Waals surface area contributed by atoms with Crippen molar-refractivity contribution in [1.29, 1.82) is 0 Å². The fourth-order valence-electron chi connectivity index (χ4n) is 2.15. The topological polar surface area (TPSA) is 43.4 Å². The van der Waals surface area contributed by atoms with Crippen LogP contribution in [0.2, 0.25) is 0 Å². The van der Waals surface area contributed by atoms with Crippen molar-refractivity contribution in [1.82, 2.24) is 0 Å². The molecule has 0 radical (unpaired) electrons. The summed E-state index contributed by atoms with van der Waals surface area (Å²) in [5.74, 6) is -1.56. The molecule has 0 saturated heterocycles. The third-order valence-corrected chi connectivity index (χ3v) is 4.09. The number of halogens is 2. The zero-order valence-electron chi connectivity index (χ0n) is 12.5. The van der Waals surface area contributed by atoms with Crippen LogP contribution < -0.4 is 0 Å². The minimum Gasteiger partial charge on any atom is -0.469 e. The molecule has 1 unspecified atom stereocenters. The van der Waals surface area contributed by atoms with Crippen LogP contribution in [0.4, 0.5) is 4.39 Å². The highest BCUT2D eigenvalue weighted by Crippen LogP contribution is 2.31. The van der Waals surface area contributed by atoms with Crippen LogP contribution in [0.3, 0.4) is 0 Å². The molecule has 3 nitrogen and oxygen atoms in total. The van der Waals surface area contributed by atoms with Crippen LogP contribution >= 0.6 is 15.9 Å². The van der Waals surface area contributed by atoms with E-state index in [-0.39, 0.29) is 0 Å². The van der Waals surface area contributed by atoms with E-state index in [0.717, 1.165) is 6.29 Å². The molecule has 0 aliphatic rings. The van der Waals surface area contributed by atoms with Gasteiger partial charge in [-0.25, -0.2) is 4.39 Å². The zero-order valence-corrected chi connectivity index (χ0v) is 14.1. The Bertz CT molecular complexity index is 514. The Labute approximate surface area is 133 Å². The number of carbonyl (C=O) groups is 2. The van der Waals surface area contributed by atoms with E-state index in [4.69, 9.17) is 4.74 Å². The summed E-state index contributed by atoms with van der Waals surface area (Å²) in [6.45, 7) is 3.68. The third-order valence-electron chi connectivity index (χ3n) is 3.48. The van der Waals surface area contributed by atoms with Crippen molar-refractivity contribution in [2.24, 2.45) is 5.41 Å². The highest BCUT2D eigenvalue weighted by Gasteiger charge is 2.26. The van der Waals surface area contributed by atoms with Gasteiger partial charge in [0.05, 0.1) is 17.5 Å². The molecule has 1 atom stereocenters. The maximum atomic E-state index is 14.2. The van der Waals surface area contributed by atoms with Gasteiger partial charge in [0.1, 0.15) is 12.1 Å². The van der Waals surface area contributed by atoms with Crippen molar-refractivity contribution >= 4 is 28.2 Å². The number of aldehydes is 1. The molecular weight excluding hydrogens is 339 g/mol. The predicted molar refractivity (Wildman–Crippen MR) is 82.6 cm³/mol. The molecule has 0 aliphatic heterocycles. The van der Waals surface area contributed by atoms with Crippen molar-refractivity contribution in [2.45, 2.75) is 39.0 Å². The molecule has 1 aromatic carbocycles. The lowest BCUT2D eigenvalue weighted by Crippen LogP contribution is -2.18. The molecule has 0 heterocycles. The zero-order chi connectivity index (χ0) is 16.0. The number of benzene rings is 1. The van der Waals surface area contributed by atoms with Crippen LogP contribution in [-0.2, 0) is 14.3 Å². The Morgan fingerprint density at radius 3 is 2.71 bits per heavy atom. The van der Waals surface area contributed by atoms with Gasteiger partial charge in [-0.1, -0.05) is 32.4 Å². The molecule has 5 heteroatoms. The van der Waals surface area contributed by atoms with Gasteiger partial charge in [-0.05, 0) is 34.8 Å². The van der Waals surface area contributed by atoms with E-state index < -0.39 is 23.1 Å². The van der Waals surface area contributed by atoms with Gasteiger partial charge in [-0.2, -0.15) is 0 Å². The lowest BCUT2D eigenvalue weighted by Gasteiger charge is -2.20. The van der Waals surface area contributed by atoms with E-state index in [1.807, 2.05) is 13.8 Å². The quantitative estimate of drug-likeness (QED) is 0.540. The predicted octanol–water partition coefficient (Wildman–Crippen LogP) is 4.24. The third kappa shape index (κ3) is 4.92. The molecule has 1 rings (SSSR count). The first-order valence-corrected chi connectivity index (χ1v) is 7.60. The summed E-state index contributed by atoms with van der Waals surface area (Å²) in [4.78, 5) is 22.8. The Hall–Kier alpha value is -1.23. The van der Waals surface area contributed by atoms with Crippen molar-refractivity contribution < 1.29 is 18.7 Å². The second-order valence-corrected chi connectivity index (χ2v) is 6.57. The van der Waals surface area contributed by atoms with Crippen LogP contribution in [0.15, 0.2) is 22.7 Å². The monoisotopic (exact) mass is 358 g/mol. The minimum atomic E-state index is -0.657. The van der Waals surface area contributed by atoms with E-state index in [2.05, 4.69) is 15.9 Å². The standard InChI is InChI=1S/C16H20BrFO3/c1-16(2,10-19)9-5-7-12(15(20)21-3)11-6-4-8-13(17)14(11)18/h4,6,8,10,12H,5,7,9H2,1-3H3. The molecule has 0 fully saturated rings. The maximum Gasteiger partial charge on any atom is 0.313 e. The molecule has 0 spiro atoms. The Morgan fingerprint density at radius 2 is 2.14 bits per heavy atom. The molecule has 0 bridgehead atoms. The van der Waals surface area contributed by atoms with Crippen LogP contribution in [-0.4, -0.2) is 19.4 Å². The Morgan fingerprint density at radius 1 is 1.48 bits per heavy atom. The summed E-state index contributed by atoms with van der Waals surface area (Å²) < 4.78 is 19.3. The van der Waals surface area contributed by atoms with Gasteiger partial charge in [-0.3, -0.25) is 4.79 Å². The van der Waals surface area contributed by atoms with Gasteiger partial charge in [0.25, 0.3) is 0 Å². The van der Waals surface area contributed by atoms with E-state index in [1.54, 1.807) is 18.2 Å². The summed E-state index contributed by atoms with van der Waals surface area (Å²) in [6, 6.07) is 4.86. The SMILES string of the molecule is COC(=O)C(CCCC(C)(C)C=O)c1cccc(Br)c1F. The summed E-state index contributed by atoms with van der Waals surface area (Å²) in [6.07, 6.45) is 2.62. The van der Waals surface area contributed by atoms with E-state index in [0.29, 0.717) is 29.3 Å². The summed E-state index contributed by atoms with van der Waals surface area (Å²) in [5, 5.41) is 0. The van der Waals surface area contributed by atoms with Crippen molar-refractivity contribution in [3.63, 3.8) is 0 Å². The van der Waals surface area contributed by atoms with Crippen LogP contribution in [0.25, 0.3) is 0 Å². The van der Waals surface area contributed by atoms with Crippen molar-refractivity contribution in [3.05, 3.63) is 34.1 Å². The fraction of sp³-hybridized carbons (Fsp3) is 0.500. The first-order chi connectivity index (χ1) is 9.82. The van der Waals surface area contributed by atoms with Gasteiger partial charge >= 0.3 is 5.97 Å². The van der Waals surface area contributed by atoms with Gasteiger partial charge in [0.2, 0.25) is 0 Å². The van der Waals surface area contributed by atoms with Crippen molar-refractivity contribution in [3.8, 4) is 0 Å². The largest absolute Gasteiger partial charge is 0.469 e. The molecule has 0 saturated carbocycles. The maximum absolute atomic E-state index is 14.2. The van der Waals surface area contributed by atoms with Crippen molar-refractivity contribution in [2.75, 3.05) is 7.11 Å². The van der Waals surface area contributed by atoms with Crippen LogP contribution in [0.1, 0.15) is 44.6 Å². The second-order valence-electron chi connectivity index (χ2n) is 5.72. The summed E-state index contributed by atoms with van der Waals surface area (Å²) >= 11 is 3.12. The number of methoxy groups -OCH3 is 1. The molecule has 0 N–H and O–H groups in total. The van der Waals surface area contributed by atoms with Crippen LogP contribution in [0, 0.1) is 11.2 Å². The number of rotatable bonds is 7. The summed E-state index contributed by atoms with van der Waals surface area (Å²) in [7, 11) is 1.29. The lowest BCUT2D eigenvalue weighted by atomic mass is 9.85. The van der Waals surface area contributed by atoms with Gasteiger partial charge < -0.3 is 9.53 Å². The lowest BCUT2D eigenvalue weighted by molar-refractivity contribution is -0.142. The molecule has 1 aromatic rings. The minimum absolute atomic E-state index is 0.320. The second kappa shape index (κ2) is 7.69. The van der Waals surface area contributed by atoms with E-state index >= 15 is 0 Å². The smallest absolute Gasteiger partial charge is 0.313 e. The number of esters is 1. The molecule has 21 heavy (non-hydrogen) atoms. The fourth-order valence-corrected chi connectivity index (χ4v) is 2.53. The number of hydrogen-bond acceptors (Lipinski definition) is 3. The first kappa shape index (κ1) is 17.8. The number of carbonyl (C=O) groups excluding carboxylic acids is 2. The average molecular weight is 359 g/mol. The molecule has 0 aliphatic carbocycles. The van der Waals surface area contributed by atoms with E-state index in [1.165, 1.54) is 7.11 Å². The van der Waals surface area contributed by atoms with E-state index in [9.17, 15) is 14.0 Å². The highest BCUT2D eigenvalue weighted by atomic mass is 79.9. The molecule has 116 valence electrons. The van der Waals surface area contributed by atoms with Gasteiger partial charge in [-0.15, -0.1) is 0 Å².